The van der Waals surface area contributed by atoms with E-state index in [0.717, 1.165) is 0 Å². The molecule has 1 amide bonds. The molecule has 70 valence electrons. The molecule has 13 heavy (non-hydrogen) atoms. The van der Waals surface area contributed by atoms with Gasteiger partial charge >= 0.3 is 0 Å². The van der Waals surface area contributed by atoms with Crippen molar-refractivity contribution in [2.24, 2.45) is 0 Å². The van der Waals surface area contributed by atoms with Gasteiger partial charge in [-0.3, -0.25) is 4.79 Å². The molecular formula is C9H13N3O. The maximum Gasteiger partial charge on any atom is 0.255 e. The lowest BCUT2D eigenvalue weighted by Crippen LogP contribution is -2.23. The molecule has 1 aromatic rings. The van der Waals surface area contributed by atoms with E-state index >= 15 is 0 Å². The number of amides is 1. The van der Waals surface area contributed by atoms with Crippen molar-refractivity contribution in [1.29, 1.82) is 0 Å². The molecule has 0 aromatic heterocycles. The summed E-state index contributed by atoms with van der Waals surface area (Å²) >= 11 is 0. The molecule has 4 N–H and O–H groups in total. The molecule has 0 saturated carbocycles. The van der Waals surface area contributed by atoms with E-state index in [2.05, 4.69) is 0 Å². The van der Waals surface area contributed by atoms with Gasteiger partial charge < -0.3 is 16.4 Å². The highest BCUT2D eigenvalue weighted by molar-refractivity contribution is 6.01. The molecule has 1 rings (SSSR count). The van der Waals surface area contributed by atoms with Crippen molar-refractivity contribution >= 4 is 17.3 Å². The zero-order chi connectivity index (χ0) is 10.0. The number of hydrogen-bond acceptors (Lipinski definition) is 3. The Morgan fingerprint density at radius 3 is 2.46 bits per heavy atom. The highest BCUT2D eigenvalue weighted by atomic mass is 16.2. The molecule has 4 heteroatoms. The van der Waals surface area contributed by atoms with Gasteiger partial charge in [0, 0.05) is 14.1 Å². The van der Waals surface area contributed by atoms with Crippen molar-refractivity contribution < 1.29 is 4.79 Å². The summed E-state index contributed by atoms with van der Waals surface area (Å²) in [5.74, 6) is -0.134. The van der Waals surface area contributed by atoms with E-state index in [4.69, 9.17) is 11.5 Å². The van der Waals surface area contributed by atoms with Crippen molar-refractivity contribution in [1.82, 2.24) is 4.90 Å². The van der Waals surface area contributed by atoms with Crippen LogP contribution in [0.4, 0.5) is 11.4 Å². The van der Waals surface area contributed by atoms with E-state index in [1.54, 1.807) is 32.3 Å². The van der Waals surface area contributed by atoms with E-state index < -0.39 is 0 Å². The maximum atomic E-state index is 11.5. The zero-order valence-electron chi connectivity index (χ0n) is 7.74. The van der Waals surface area contributed by atoms with Crippen LogP contribution in [0.1, 0.15) is 10.4 Å². The van der Waals surface area contributed by atoms with Crippen molar-refractivity contribution in [3.05, 3.63) is 23.8 Å². The molecular weight excluding hydrogens is 166 g/mol. The fourth-order valence-electron chi connectivity index (χ4n) is 1.01. The van der Waals surface area contributed by atoms with Gasteiger partial charge in [0.05, 0.1) is 16.9 Å². The second-order valence-corrected chi connectivity index (χ2v) is 3.01. The Morgan fingerprint density at radius 1 is 1.31 bits per heavy atom. The molecule has 0 atom stereocenters. The minimum atomic E-state index is -0.134. The van der Waals surface area contributed by atoms with Gasteiger partial charge in [-0.15, -0.1) is 0 Å². The van der Waals surface area contributed by atoms with Gasteiger partial charge in [0.15, 0.2) is 0 Å². The topological polar surface area (TPSA) is 72.3 Å². The minimum absolute atomic E-state index is 0.134. The fraction of sp³-hybridized carbons (Fsp3) is 0.222. The third-order valence-electron chi connectivity index (χ3n) is 1.78. The van der Waals surface area contributed by atoms with Crippen LogP contribution in [-0.2, 0) is 0 Å². The van der Waals surface area contributed by atoms with Crippen LogP contribution in [0.3, 0.4) is 0 Å². The number of nitrogens with two attached hydrogens (primary N) is 2. The first-order valence-electron chi connectivity index (χ1n) is 3.89. The lowest BCUT2D eigenvalue weighted by atomic mass is 10.1. The van der Waals surface area contributed by atoms with E-state index in [1.165, 1.54) is 4.90 Å². The average molecular weight is 179 g/mol. The summed E-state index contributed by atoms with van der Waals surface area (Å²) in [7, 11) is 3.34. The number of hydrogen-bond donors (Lipinski definition) is 2. The summed E-state index contributed by atoms with van der Waals surface area (Å²) in [5.41, 5.74) is 12.4. The molecule has 0 saturated heterocycles. The smallest absolute Gasteiger partial charge is 0.255 e. The second-order valence-electron chi connectivity index (χ2n) is 3.01. The van der Waals surface area contributed by atoms with Crippen molar-refractivity contribution in [2.75, 3.05) is 25.6 Å². The SMILES string of the molecule is CN(C)C(=O)c1cccc(N)c1N. The minimum Gasteiger partial charge on any atom is -0.397 e. The Bertz CT molecular complexity index is 334. The predicted octanol–water partition coefficient (Wildman–Crippen LogP) is 0.553. The first kappa shape index (κ1) is 9.38. The van der Waals surface area contributed by atoms with Crippen molar-refractivity contribution in [2.45, 2.75) is 0 Å². The largest absolute Gasteiger partial charge is 0.397 e. The summed E-state index contributed by atoms with van der Waals surface area (Å²) in [6.45, 7) is 0. The van der Waals surface area contributed by atoms with Crippen LogP contribution in [0.2, 0.25) is 0 Å². The van der Waals surface area contributed by atoms with Crippen LogP contribution >= 0.6 is 0 Å². The summed E-state index contributed by atoms with van der Waals surface area (Å²) in [4.78, 5) is 13.0. The molecule has 0 bridgehead atoms. The molecule has 0 aliphatic rings. The van der Waals surface area contributed by atoms with Crippen LogP contribution < -0.4 is 11.5 Å². The van der Waals surface area contributed by atoms with Gasteiger partial charge in [-0.2, -0.15) is 0 Å². The molecule has 0 unspecified atom stereocenters. The number of nitrogen functional groups attached to an aromatic ring is 2. The molecule has 0 aliphatic carbocycles. The fourth-order valence-corrected chi connectivity index (χ4v) is 1.01. The molecule has 4 nitrogen and oxygen atoms in total. The molecule has 1 aromatic carbocycles. The number of benzene rings is 1. The normalized spacial score (nSPS) is 9.69. The number of nitrogens with zero attached hydrogens (tertiary/aromatic N) is 1. The molecule has 0 fully saturated rings. The van der Waals surface area contributed by atoms with Gasteiger partial charge in [-0.05, 0) is 12.1 Å². The van der Waals surface area contributed by atoms with Gasteiger partial charge in [-0.1, -0.05) is 6.07 Å². The Kier molecular flexibility index (Phi) is 2.41. The number of anilines is 2. The lowest BCUT2D eigenvalue weighted by Gasteiger charge is -2.12. The second kappa shape index (κ2) is 3.35. The van der Waals surface area contributed by atoms with Crippen molar-refractivity contribution in [3.8, 4) is 0 Å². The number of rotatable bonds is 1. The van der Waals surface area contributed by atoms with Crippen LogP contribution in [0, 0.1) is 0 Å². The van der Waals surface area contributed by atoms with E-state index in [1.807, 2.05) is 0 Å². The van der Waals surface area contributed by atoms with Crippen LogP contribution in [0.15, 0.2) is 18.2 Å². The maximum absolute atomic E-state index is 11.5. The molecule has 0 spiro atoms. The van der Waals surface area contributed by atoms with Gasteiger partial charge in [0.2, 0.25) is 0 Å². The monoisotopic (exact) mass is 179 g/mol. The number of para-hydroxylation sites is 1. The van der Waals surface area contributed by atoms with Crippen molar-refractivity contribution in [3.63, 3.8) is 0 Å². The van der Waals surface area contributed by atoms with Crippen LogP contribution in [0.25, 0.3) is 0 Å². The van der Waals surface area contributed by atoms with E-state index in [0.29, 0.717) is 16.9 Å². The first-order chi connectivity index (χ1) is 6.04. The summed E-state index contributed by atoms with van der Waals surface area (Å²) in [6, 6.07) is 5.04. The molecule has 0 aliphatic heterocycles. The van der Waals surface area contributed by atoms with Gasteiger partial charge in [0.1, 0.15) is 0 Å². The summed E-state index contributed by atoms with van der Waals surface area (Å²) < 4.78 is 0. The lowest BCUT2D eigenvalue weighted by molar-refractivity contribution is 0.0828. The predicted molar refractivity (Wildman–Crippen MR) is 53.3 cm³/mol. The van der Waals surface area contributed by atoms with Gasteiger partial charge in [-0.25, -0.2) is 0 Å². The van der Waals surface area contributed by atoms with E-state index in [-0.39, 0.29) is 5.91 Å². The molecule has 0 radical (unpaired) electrons. The highest BCUT2D eigenvalue weighted by Crippen LogP contribution is 2.19. The van der Waals surface area contributed by atoms with Crippen LogP contribution in [0.5, 0.6) is 0 Å². The summed E-state index contributed by atoms with van der Waals surface area (Å²) in [5, 5.41) is 0. The summed E-state index contributed by atoms with van der Waals surface area (Å²) in [6.07, 6.45) is 0. The number of carbonyl (C=O) groups is 1. The van der Waals surface area contributed by atoms with Gasteiger partial charge in [0.25, 0.3) is 5.91 Å². The van der Waals surface area contributed by atoms with Crippen LogP contribution in [-0.4, -0.2) is 24.9 Å². The number of carbonyl (C=O) groups excluding carboxylic acids is 1. The Labute approximate surface area is 77.1 Å². The third-order valence-corrected chi connectivity index (χ3v) is 1.78. The molecule has 0 heterocycles. The Balaban J connectivity index is 3.15. The third kappa shape index (κ3) is 1.72. The standard InChI is InChI=1S/C9H13N3O/c1-12(2)9(13)6-4-3-5-7(10)8(6)11/h3-5H,10-11H2,1-2H3. The highest BCUT2D eigenvalue weighted by Gasteiger charge is 2.12. The Hall–Kier alpha value is -1.71. The zero-order valence-corrected chi connectivity index (χ0v) is 7.74. The first-order valence-corrected chi connectivity index (χ1v) is 3.89. The van der Waals surface area contributed by atoms with E-state index in [9.17, 15) is 4.79 Å². The average Bonchev–Trinajstić information content (AvgIpc) is 2.08. The Morgan fingerprint density at radius 2 is 1.92 bits per heavy atom. The quantitative estimate of drug-likeness (QED) is 0.618.